The van der Waals surface area contributed by atoms with Crippen LogP contribution in [0.15, 0.2) is 23.1 Å². The number of carboxylic acids is 1. The number of benzene rings is 1. The molecule has 1 aliphatic carbocycles. The summed E-state index contributed by atoms with van der Waals surface area (Å²) in [6.45, 7) is 0. The molecule has 4 nitrogen and oxygen atoms in total. The number of halogens is 2. The van der Waals surface area contributed by atoms with E-state index in [9.17, 15) is 22.0 Å². The normalized spacial score (nSPS) is 18.1. The van der Waals surface area contributed by atoms with Gasteiger partial charge in [0.1, 0.15) is 0 Å². The number of hydrogen-bond acceptors (Lipinski definition) is 3. The minimum absolute atomic E-state index is 0.0103. The lowest BCUT2D eigenvalue weighted by Gasteiger charge is -2.36. The van der Waals surface area contributed by atoms with Gasteiger partial charge in [-0.1, -0.05) is 0 Å². The first kappa shape index (κ1) is 12.9. The predicted molar refractivity (Wildman–Crippen MR) is 57.8 cm³/mol. The van der Waals surface area contributed by atoms with Crippen LogP contribution in [0.3, 0.4) is 0 Å². The van der Waals surface area contributed by atoms with Crippen molar-refractivity contribution < 1.29 is 27.1 Å². The fourth-order valence-electron chi connectivity index (χ4n) is 1.97. The first-order chi connectivity index (χ1) is 8.31. The van der Waals surface area contributed by atoms with E-state index < -0.39 is 37.1 Å². The van der Waals surface area contributed by atoms with Gasteiger partial charge in [-0.15, -0.1) is 0 Å². The average Bonchev–Trinajstić information content (AvgIpc) is 2.18. The Morgan fingerprint density at radius 2 is 1.83 bits per heavy atom. The van der Waals surface area contributed by atoms with Crippen molar-refractivity contribution in [3.63, 3.8) is 0 Å². The molecule has 1 N–H and O–H groups in total. The number of rotatable bonds is 3. The first-order valence-corrected chi connectivity index (χ1v) is 6.73. The first-order valence-electron chi connectivity index (χ1n) is 5.24. The summed E-state index contributed by atoms with van der Waals surface area (Å²) in [6, 6.07) is 2.08. The van der Waals surface area contributed by atoms with Crippen molar-refractivity contribution in [2.75, 3.05) is 0 Å². The highest BCUT2D eigenvalue weighted by molar-refractivity contribution is 7.93. The Morgan fingerprint density at radius 1 is 1.22 bits per heavy atom. The van der Waals surface area contributed by atoms with Crippen LogP contribution in [0.1, 0.15) is 19.3 Å². The van der Waals surface area contributed by atoms with Crippen LogP contribution in [0.4, 0.5) is 8.78 Å². The highest BCUT2D eigenvalue weighted by Gasteiger charge is 2.56. The standard InChI is InChI=1S/C11H10F2O4S/c12-8-3-2-7(6-9(8)13)18(16,17)11(10(14)15)4-1-5-11/h2-3,6H,1,4-5H2,(H,14,15). The van der Waals surface area contributed by atoms with Gasteiger partial charge in [0.2, 0.25) is 0 Å². The van der Waals surface area contributed by atoms with Crippen LogP contribution >= 0.6 is 0 Å². The van der Waals surface area contributed by atoms with Gasteiger partial charge < -0.3 is 5.11 Å². The summed E-state index contributed by atoms with van der Waals surface area (Å²) in [4.78, 5) is 10.6. The van der Waals surface area contributed by atoms with Gasteiger partial charge in [-0.3, -0.25) is 4.79 Å². The molecule has 1 fully saturated rings. The second-order valence-electron chi connectivity index (χ2n) is 4.23. The SMILES string of the molecule is O=C(O)C1(S(=O)(=O)c2ccc(F)c(F)c2)CCC1. The molecule has 0 saturated heterocycles. The molecular formula is C11H10F2O4S. The van der Waals surface area contributed by atoms with Crippen LogP contribution in [0.5, 0.6) is 0 Å². The summed E-state index contributed by atoms with van der Waals surface area (Å²) in [5, 5.41) is 9.06. The number of carboxylic acid groups (broad SMARTS) is 1. The summed E-state index contributed by atoms with van der Waals surface area (Å²) in [6.07, 6.45) is 0.461. The molecule has 98 valence electrons. The Hall–Kier alpha value is -1.50. The Kier molecular flexibility index (Phi) is 2.89. The van der Waals surface area contributed by atoms with E-state index in [0.717, 1.165) is 6.07 Å². The van der Waals surface area contributed by atoms with Gasteiger partial charge >= 0.3 is 5.97 Å². The van der Waals surface area contributed by atoms with E-state index in [2.05, 4.69) is 0 Å². The number of carbonyl (C=O) groups is 1. The van der Waals surface area contributed by atoms with Crippen LogP contribution in [-0.4, -0.2) is 24.2 Å². The van der Waals surface area contributed by atoms with E-state index in [1.807, 2.05) is 0 Å². The number of sulfone groups is 1. The van der Waals surface area contributed by atoms with Gasteiger partial charge in [-0.2, -0.15) is 0 Å². The molecule has 2 rings (SSSR count). The summed E-state index contributed by atoms with van der Waals surface area (Å²) in [5.74, 6) is -3.93. The largest absolute Gasteiger partial charge is 0.480 e. The van der Waals surface area contributed by atoms with Crippen molar-refractivity contribution in [1.82, 2.24) is 0 Å². The molecule has 1 aliphatic rings. The van der Waals surface area contributed by atoms with E-state index >= 15 is 0 Å². The number of aliphatic carboxylic acids is 1. The maximum absolute atomic E-state index is 13.0. The van der Waals surface area contributed by atoms with E-state index in [1.54, 1.807) is 0 Å². The van der Waals surface area contributed by atoms with Crippen molar-refractivity contribution in [3.05, 3.63) is 29.8 Å². The zero-order valence-electron chi connectivity index (χ0n) is 9.19. The molecule has 0 heterocycles. The zero-order valence-corrected chi connectivity index (χ0v) is 10.0. The van der Waals surface area contributed by atoms with Crippen LogP contribution < -0.4 is 0 Å². The molecule has 0 unspecified atom stereocenters. The zero-order chi connectivity index (χ0) is 13.6. The molecule has 0 bridgehead atoms. The van der Waals surface area contributed by atoms with Gasteiger partial charge in [-0.25, -0.2) is 17.2 Å². The maximum Gasteiger partial charge on any atom is 0.325 e. The quantitative estimate of drug-likeness (QED) is 0.854. The minimum Gasteiger partial charge on any atom is -0.480 e. The third kappa shape index (κ3) is 1.61. The van der Waals surface area contributed by atoms with Gasteiger partial charge in [0, 0.05) is 0 Å². The summed E-state index contributed by atoms with van der Waals surface area (Å²) < 4.78 is 48.2. The third-order valence-corrected chi connectivity index (χ3v) is 5.75. The van der Waals surface area contributed by atoms with E-state index in [0.29, 0.717) is 18.6 Å². The van der Waals surface area contributed by atoms with Crippen LogP contribution in [0.25, 0.3) is 0 Å². The van der Waals surface area contributed by atoms with Gasteiger partial charge in [0.15, 0.2) is 26.2 Å². The van der Waals surface area contributed by atoms with Gasteiger partial charge in [-0.05, 0) is 37.5 Å². The lowest BCUT2D eigenvalue weighted by molar-refractivity contribution is -0.142. The highest BCUT2D eigenvalue weighted by atomic mass is 32.2. The van der Waals surface area contributed by atoms with Gasteiger partial charge in [0.05, 0.1) is 4.90 Å². The Balaban J connectivity index is 2.54. The Bertz CT molecular complexity index is 605. The minimum atomic E-state index is -4.21. The average molecular weight is 276 g/mol. The lowest BCUT2D eigenvalue weighted by atomic mass is 9.84. The molecule has 0 amide bonds. The third-order valence-electron chi connectivity index (χ3n) is 3.27. The molecule has 0 radical (unpaired) electrons. The lowest BCUT2D eigenvalue weighted by Crippen LogP contribution is -2.52. The second kappa shape index (κ2) is 4.01. The molecule has 0 aliphatic heterocycles. The summed E-state index contributed by atoms with van der Waals surface area (Å²) in [7, 11) is -4.21. The Labute approximate surface area is 102 Å². The van der Waals surface area contributed by atoms with Crippen molar-refractivity contribution in [2.24, 2.45) is 0 Å². The fourth-order valence-corrected chi connectivity index (χ4v) is 3.98. The molecule has 1 aromatic carbocycles. The molecule has 1 aromatic rings. The van der Waals surface area contributed by atoms with Crippen LogP contribution in [-0.2, 0) is 14.6 Å². The molecular weight excluding hydrogens is 266 g/mol. The molecule has 1 saturated carbocycles. The maximum atomic E-state index is 13.0. The molecule has 0 atom stereocenters. The molecule has 0 spiro atoms. The smallest absolute Gasteiger partial charge is 0.325 e. The van der Waals surface area contributed by atoms with Gasteiger partial charge in [0.25, 0.3) is 0 Å². The van der Waals surface area contributed by atoms with Crippen LogP contribution in [0.2, 0.25) is 0 Å². The molecule has 0 aromatic heterocycles. The van der Waals surface area contributed by atoms with E-state index in [4.69, 9.17) is 5.11 Å². The van der Waals surface area contributed by atoms with E-state index in [-0.39, 0.29) is 12.8 Å². The summed E-state index contributed by atoms with van der Waals surface area (Å²) in [5.41, 5.74) is 0. The van der Waals surface area contributed by atoms with E-state index in [1.165, 1.54) is 0 Å². The van der Waals surface area contributed by atoms with Crippen molar-refractivity contribution >= 4 is 15.8 Å². The van der Waals surface area contributed by atoms with Crippen molar-refractivity contribution in [2.45, 2.75) is 28.9 Å². The van der Waals surface area contributed by atoms with Crippen molar-refractivity contribution in [3.8, 4) is 0 Å². The second-order valence-corrected chi connectivity index (χ2v) is 6.49. The van der Waals surface area contributed by atoms with Crippen molar-refractivity contribution in [1.29, 1.82) is 0 Å². The molecule has 7 heteroatoms. The molecule has 18 heavy (non-hydrogen) atoms. The fraction of sp³-hybridized carbons (Fsp3) is 0.364. The highest BCUT2D eigenvalue weighted by Crippen LogP contribution is 2.43. The predicted octanol–water partition coefficient (Wildman–Crippen LogP) is 1.75. The Morgan fingerprint density at radius 3 is 2.22 bits per heavy atom. The van der Waals surface area contributed by atoms with Crippen LogP contribution in [0, 0.1) is 11.6 Å². The topological polar surface area (TPSA) is 71.4 Å². The summed E-state index contributed by atoms with van der Waals surface area (Å²) >= 11 is 0. The monoisotopic (exact) mass is 276 g/mol. The number of hydrogen-bond donors (Lipinski definition) is 1.